The number of carbonyl (C=O) groups excluding carboxylic acids is 1. The quantitative estimate of drug-likeness (QED) is 0.290. The van der Waals surface area contributed by atoms with Gasteiger partial charge >= 0.3 is 0 Å². The van der Waals surface area contributed by atoms with Crippen LogP contribution in [-0.4, -0.2) is 53.9 Å². The van der Waals surface area contributed by atoms with Gasteiger partial charge in [-0.3, -0.25) is 9.78 Å². The molecule has 4 heterocycles. The maximum absolute atomic E-state index is 14.8. The summed E-state index contributed by atoms with van der Waals surface area (Å²) >= 11 is 0. The average molecular weight is 622 g/mol. The molecule has 1 saturated carbocycles. The lowest BCUT2D eigenvalue weighted by atomic mass is 10.1. The van der Waals surface area contributed by atoms with Crippen molar-refractivity contribution in [1.29, 1.82) is 0 Å². The van der Waals surface area contributed by atoms with Gasteiger partial charge in [0.05, 0.1) is 68.2 Å². The summed E-state index contributed by atoms with van der Waals surface area (Å²) in [5, 5.41) is 3.05. The Labute approximate surface area is 250 Å². The van der Waals surface area contributed by atoms with Gasteiger partial charge in [0.2, 0.25) is 15.3 Å². The molecule has 1 aliphatic carbocycles. The summed E-state index contributed by atoms with van der Waals surface area (Å²) in [4.78, 5) is 25.2. The Bertz CT molecular complexity index is 2070. The van der Waals surface area contributed by atoms with E-state index in [2.05, 4.69) is 20.3 Å². The van der Waals surface area contributed by atoms with Gasteiger partial charge in [0.25, 0.3) is 11.8 Å². The molecule has 2 atom stereocenters. The molecule has 1 N–H and O–H groups in total. The zero-order valence-electron chi connectivity index (χ0n) is 26.9. The highest BCUT2D eigenvalue weighted by molar-refractivity contribution is 7.92. The smallest absolute Gasteiger partial charge is 0.257 e. The number of fused-ring (bicyclic) bond motifs is 2. The van der Waals surface area contributed by atoms with Crippen LogP contribution in [0.4, 0.5) is 17.6 Å². The molecule has 6 rings (SSSR count). The zero-order valence-corrected chi connectivity index (χ0v) is 22.7. The first-order chi connectivity index (χ1) is 22.4. The summed E-state index contributed by atoms with van der Waals surface area (Å²) in [5.74, 6) is -6.90. The molecule has 0 bridgehead atoms. The van der Waals surface area contributed by atoms with E-state index in [4.69, 9.17) is 16.3 Å². The van der Waals surface area contributed by atoms with E-state index in [0.29, 0.717) is 10.9 Å². The standard InChI is InChI=1S/C29H24F4N4O5S/c1-2-42-24-6-5-22(37-27(24)19-10-29(19,32)33)21-4-3-15-11-34-17(9-23(15)36-21)12-35-28(38)16-7-20(30)18-13-41-14-26(31)43(39,40)25(18)8-16/h3-9,11,19,26H,2,10,12-14H2,1H3,(H,35,38)/t19?,26-/m1/s1/i1D3,2D2. The zero-order chi connectivity index (χ0) is 34.8. The second-order valence-corrected chi connectivity index (χ2v) is 12.0. The molecule has 0 radical (unpaired) electrons. The lowest BCUT2D eigenvalue weighted by Gasteiger charge is -2.12. The van der Waals surface area contributed by atoms with Crippen LogP contribution in [0.3, 0.4) is 0 Å². The van der Waals surface area contributed by atoms with Gasteiger partial charge in [-0.25, -0.2) is 35.9 Å². The third kappa shape index (κ3) is 5.52. The summed E-state index contributed by atoms with van der Waals surface area (Å²) in [6.45, 7) is -7.85. The highest BCUT2D eigenvalue weighted by Crippen LogP contribution is 2.57. The Morgan fingerprint density at radius 1 is 1.21 bits per heavy atom. The Balaban J connectivity index is 1.25. The molecule has 3 aromatic heterocycles. The van der Waals surface area contributed by atoms with Gasteiger partial charge in [0.1, 0.15) is 11.6 Å². The summed E-state index contributed by atoms with van der Waals surface area (Å²) in [7, 11) is -4.60. The SMILES string of the molecule is [2H]C([2H])([2H])C([2H])([2H])Oc1ccc(-c2ccc3cnc(CNC(=O)c4cc(F)c5c(c4)S(=O)(=O)[C@@H](F)COC5)cc3n2)nc1C1CC1(F)F. The molecule has 2 aliphatic rings. The normalized spacial score (nSPS) is 22.6. The van der Waals surface area contributed by atoms with Crippen LogP contribution >= 0.6 is 0 Å². The number of carbonyl (C=O) groups is 1. The number of nitrogens with zero attached hydrogens (tertiary/aromatic N) is 3. The van der Waals surface area contributed by atoms with Crippen molar-refractivity contribution in [3.8, 4) is 17.1 Å². The minimum Gasteiger partial charge on any atom is -0.492 e. The van der Waals surface area contributed by atoms with Crippen molar-refractivity contribution in [1.82, 2.24) is 20.3 Å². The maximum Gasteiger partial charge on any atom is 0.257 e. The first-order valence-corrected chi connectivity index (χ1v) is 14.3. The van der Waals surface area contributed by atoms with Crippen molar-refractivity contribution < 1.29 is 47.1 Å². The molecule has 224 valence electrons. The Hall–Kier alpha value is -4.17. The molecule has 1 unspecified atom stereocenters. The van der Waals surface area contributed by atoms with Crippen LogP contribution in [-0.2, 0) is 27.7 Å². The van der Waals surface area contributed by atoms with Gasteiger partial charge < -0.3 is 14.8 Å². The Morgan fingerprint density at radius 3 is 2.74 bits per heavy atom. The average Bonchev–Trinajstić information content (AvgIpc) is 3.68. The van der Waals surface area contributed by atoms with Crippen molar-refractivity contribution in [2.24, 2.45) is 0 Å². The van der Waals surface area contributed by atoms with E-state index in [1.165, 1.54) is 18.3 Å². The molecular formula is C29H24F4N4O5S. The molecule has 4 aromatic rings. The van der Waals surface area contributed by atoms with Crippen LogP contribution in [0.2, 0.25) is 0 Å². The highest BCUT2D eigenvalue weighted by atomic mass is 32.2. The van der Waals surface area contributed by atoms with Crippen LogP contribution in [0, 0.1) is 5.82 Å². The number of sulfone groups is 1. The monoisotopic (exact) mass is 621 g/mol. The van der Waals surface area contributed by atoms with E-state index in [0.717, 1.165) is 18.2 Å². The molecule has 0 spiro atoms. The van der Waals surface area contributed by atoms with Crippen molar-refractivity contribution in [3.63, 3.8) is 0 Å². The summed E-state index contributed by atoms with van der Waals surface area (Å²) in [5.41, 5.74) is -2.53. The Kier molecular flexibility index (Phi) is 5.87. The number of halogens is 4. The lowest BCUT2D eigenvalue weighted by Crippen LogP contribution is -2.25. The fourth-order valence-corrected chi connectivity index (χ4v) is 6.04. The predicted octanol–water partition coefficient (Wildman–Crippen LogP) is 4.88. The van der Waals surface area contributed by atoms with Gasteiger partial charge in [0, 0.05) is 33.2 Å². The van der Waals surface area contributed by atoms with Crippen molar-refractivity contribution >= 4 is 26.6 Å². The topological polar surface area (TPSA) is 120 Å². The first kappa shape index (κ1) is 23.3. The number of alkyl halides is 3. The minimum atomic E-state index is -4.60. The largest absolute Gasteiger partial charge is 0.492 e. The van der Waals surface area contributed by atoms with Crippen LogP contribution < -0.4 is 10.1 Å². The van der Waals surface area contributed by atoms with E-state index in [1.54, 1.807) is 12.1 Å². The molecule has 1 amide bonds. The second kappa shape index (κ2) is 10.8. The summed E-state index contributed by atoms with van der Waals surface area (Å²) < 4.78 is 130. The number of aromatic nitrogens is 3. The fraction of sp³-hybridized carbons (Fsp3) is 0.310. The predicted molar refractivity (Wildman–Crippen MR) is 146 cm³/mol. The highest BCUT2D eigenvalue weighted by Gasteiger charge is 2.59. The summed E-state index contributed by atoms with van der Waals surface area (Å²) in [6.07, 6.45) is 0.863. The third-order valence-corrected chi connectivity index (χ3v) is 8.87. The molecule has 14 heteroatoms. The van der Waals surface area contributed by atoms with E-state index in [9.17, 15) is 30.8 Å². The van der Waals surface area contributed by atoms with Crippen molar-refractivity contribution in [3.05, 3.63) is 77.0 Å². The minimum absolute atomic E-state index is 0.115. The Morgan fingerprint density at radius 2 is 1.98 bits per heavy atom. The van der Waals surface area contributed by atoms with Gasteiger partial charge in [-0.1, -0.05) is 0 Å². The van der Waals surface area contributed by atoms with Crippen LogP contribution in [0.15, 0.2) is 53.6 Å². The molecule has 1 aliphatic heterocycles. The number of amides is 1. The molecule has 1 aromatic carbocycles. The molecule has 1 fully saturated rings. The maximum atomic E-state index is 14.8. The molecule has 0 saturated heterocycles. The fourth-order valence-electron chi connectivity index (χ4n) is 4.69. The number of benzene rings is 1. The number of hydrogen-bond acceptors (Lipinski definition) is 8. The van der Waals surface area contributed by atoms with E-state index in [1.807, 2.05) is 0 Å². The third-order valence-electron chi connectivity index (χ3n) is 7.08. The van der Waals surface area contributed by atoms with E-state index >= 15 is 0 Å². The van der Waals surface area contributed by atoms with Gasteiger partial charge in [-0.05, 0) is 49.3 Å². The van der Waals surface area contributed by atoms with Crippen molar-refractivity contribution in [2.45, 2.75) is 48.7 Å². The molecular weight excluding hydrogens is 592 g/mol. The van der Waals surface area contributed by atoms with Gasteiger partial charge in [-0.15, -0.1) is 0 Å². The lowest BCUT2D eigenvalue weighted by molar-refractivity contribution is 0.0938. The van der Waals surface area contributed by atoms with Gasteiger partial charge in [0.15, 0.2) is 0 Å². The number of pyridine rings is 3. The summed E-state index contributed by atoms with van der Waals surface area (Å²) in [6, 6.07) is 8.86. The molecule has 43 heavy (non-hydrogen) atoms. The van der Waals surface area contributed by atoms with E-state index < -0.39 is 82.6 Å². The number of rotatable bonds is 7. The molecule has 9 nitrogen and oxygen atoms in total. The van der Waals surface area contributed by atoms with Crippen LogP contribution in [0.25, 0.3) is 22.3 Å². The second-order valence-electron chi connectivity index (χ2n) is 9.95. The first-order valence-electron chi connectivity index (χ1n) is 15.3. The van der Waals surface area contributed by atoms with Crippen molar-refractivity contribution in [2.75, 3.05) is 13.2 Å². The van der Waals surface area contributed by atoms with Crippen LogP contribution in [0.1, 0.15) is 53.4 Å². The van der Waals surface area contributed by atoms with Crippen LogP contribution in [0.5, 0.6) is 5.75 Å². The number of ether oxygens (including phenoxy) is 2. The van der Waals surface area contributed by atoms with E-state index in [-0.39, 0.29) is 40.4 Å². The number of hydrogen-bond donors (Lipinski definition) is 1. The number of nitrogens with one attached hydrogen (secondary N) is 1. The van der Waals surface area contributed by atoms with Gasteiger partial charge in [-0.2, -0.15) is 0 Å².